The Bertz CT molecular complexity index is 473. The van der Waals surface area contributed by atoms with E-state index in [-0.39, 0.29) is 11.9 Å². The lowest BCUT2D eigenvalue weighted by atomic mass is 9.97. The zero-order valence-corrected chi connectivity index (χ0v) is 13.4. The number of carbonyl (C=O) groups is 1. The lowest BCUT2D eigenvalue weighted by Gasteiger charge is -2.32. The summed E-state index contributed by atoms with van der Waals surface area (Å²) in [4.78, 5) is 16.9. The second kappa shape index (κ2) is 7.46. The standard InChI is InChI=1S/C17H27N3O/c1-4-11-20(13-12-19(2)3)17(21)16-10-9-14-7-5-6-8-15(14)18-16/h5-8,16,18H,4,9-13H2,1-3H3. The minimum absolute atomic E-state index is 0.0754. The average Bonchev–Trinajstić information content (AvgIpc) is 2.50. The first-order chi connectivity index (χ1) is 10.1. The molecular formula is C17H27N3O. The molecule has 0 bridgehead atoms. The van der Waals surface area contributed by atoms with E-state index in [9.17, 15) is 4.79 Å². The van der Waals surface area contributed by atoms with Crippen LogP contribution in [0.2, 0.25) is 0 Å². The van der Waals surface area contributed by atoms with Gasteiger partial charge in [0.25, 0.3) is 0 Å². The number of carbonyl (C=O) groups excluding carboxylic acids is 1. The largest absolute Gasteiger partial charge is 0.373 e. The molecule has 21 heavy (non-hydrogen) atoms. The van der Waals surface area contributed by atoms with E-state index >= 15 is 0 Å². The Kier molecular flexibility index (Phi) is 5.62. The van der Waals surface area contributed by atoms with Gasteiger partial charge in [-0.1, -0.05) is 25.1 Å². The fourth-order valence-corrected chi connectivity index (χ4v) is 2.77. The quantitative estimate of drug-likeness (QED) is 0.872. The lowest BCUT2D eigenvalue weighted by molar-refractivity contribution is -0.132. The first-order valence-corrected chi connectivity index (χ1v) is 7.89. The van der Waals surface area contributed by atoms with Crippen LogP contribution in [0.1, 0.15) is 25.3 Å². The summed E-state index contributed by atoms with van der Waals surface area (Å²) in [5.74, 6) is 0.244. The first kappa shape index (κ1) is 15.8. The highest BCUT2D eigenvalue weighted by molar-refractivity contribution is 5.85. The molecule has 116 valence electrons. The highest BCUT2D eigenvalue weighted by atomic mass is 16.2. The Hall–Kier alpha value is -1.55. The summed E-state index contributed by atoms with van der Waals surface area (Å²) in [6.45, 7) is 4.68. The Balaban J connectivity index is 2.01. The maximum Gasteiger partial charge on any atom is 0.245 e. The van der Waals surface area contributed by atoms with Crippen LogP contribution in [0.25, 0.3) is 0 Å². The number of nitrogens with one attached hydrogen (secondary N) is 1. The number of hydrogen-bond donors (Lipinski definition) is 1. The molecule has 2 rings (SSSR count). The van der Waals surface area contributed by atoms with Gasteiger partial charge in [-0.25, -0.2) is 0 Å². The van der Waals surface area contributed by atoms with Crippen LogP contribution in [0.5, 0.6) is 0 Å². The molecule has 0 radical (unpaired) electrons. The third kappa shape index (κ3) is 4.21. The molecule has 0 fully saturated rings. The predicted octanol–water partition coefficient (Wildman–Crippen LogP) is 2.21. The van der Waals surface area contributed by atoms with Gasteiger partial charge in [0.15, 0.2) is 0 Å². The van der Waals surface area contributed by atoms with E-state index in [1.807, 2.05) is 25.1 Å². The summed E-state index contributed by atoms with van der Waals surface area (Å²) in [7, 11) is 4.09. The van der Waals surface area contributed by atoms with Crippen molar-refractivity contribution in [1.29, 1.82) is 0 Å². The molecule has 0 aromatic heterocycles. The molecule has 4 heteroatoms. The van der Waals surface area contributed by atoms with Crippen LogP contribution in [0.15, 0.2) is 24.3 Å². The van der Waals surface area contributed by atoms with Crippen LogP contribution in [0.3, 0.4) is 0 Å². The molecule has 0 saturated heterocycles. The SMILES string of the molecule is CCCN(CCN(C)C)C(=O)C1CCc2ccccc2N1. The summed E-state index contributed by atoms with van der Waals surface area (Å²) in [5.41, 5.74) is 2.43. The number of nitrogens with zero attached hydrogens (tertiary/aromatic N) is 2. The number of rotatable bonds is 6. The number of hydrogen-bond acceptors (Lipinski definition) is 3. The smallest absolute Gasteiger partial charge is 0.245 e. The van der Waals surface area contributed by atoms with Crippen molar-refractivity contribution in [3.63, 3.8) is 0 Å². The summed E-state index contributed by atoms with van der Waals surface area (Å²) >= 11 is 0. The van der Waals surface area contributed by atoms with Gasteiger partial charge in [-0.3, -0.25) is 4.79 Å². The van der Waals surface area contributed by atoms with E-state index in [0.29, 0.717) is 0 Å². The summed E-state index contributed by atoms with van der Waals surface area (Å²) in [6.07, 6.45) is 2.87. The fraction of sp³-hybridized carbons (Fsp3) is 0.588. The normalized spacial score (nSPS) is 17.2. The molecule has 0 aliphatic carbocycles. The van der Waals surface area contributed by atoms with Crippen molar-refractivity contribution in [2.24, 2.45) is 0 Å². The van der Waals surface area contributed by atoms with E-state index in [0.717, 1.165) is 44.6 Å². The van der Waals surface area contributed by atoms with Gasteiger partial charge in [0, 0.05) is 25.3 Å². The number of amides is 1. The zero-order chi connectivity index (χ0) is 15.2. The average molecular weight is 289 g/mol. The van der Waals surface area contributed by atoms with Gasteiger partial charge in [-0.15, -0.1) is 0 Å². The second-order valence-electron chi connectivity index (χ2n) is 6.02. The van der Waals surface area contributed by atoms with Crippen LogP contribution in [0, 0.1) is 0 Å². The van der Waals surface area contributed by atoms with Crippen LogP contribution < -0.4 is 5.32 Å². The highest BCUT2D eigenvalue weighted by Gasteiger charge is 2.27. The Morgan fingerprint density at radius 1 is 1.24 bits per heavy atom. The number of likely N-dealkylation sites (N-methyl/N-ethyl adjacent to an activating group) is 1. The molecule has 0 spiro atoms. The molecule has 1 amide bonds. The highest BCUT2D eigenvalue weighted by Crippen LogP contribution is 2.25. The lowest BCUT2D eigenvalue weighted by Crippen LogP contribution is -2.47. The van der Waals surface area contributed by atoms with Gasteiger partial charge in [-0.05, 0) is 45.0 Å². The first-order valence-electron chi connectivity index (χ1n) is 7.89. The third-order valence-corrected chi connectivity index (χ3v) is 3.97. The molecule has 1 unspecified atom stereocenters. The molecule has 1 aliphatic heterocycles. The van der Waals surface area contributed by atoms with Crippen LogP contribution in [0.4, 0.5) is 5.69 Å². The minimum Gasteiger partial charge on any atom is -0.373 e. The van der Waals surface area contributed by atoms with Crippen molar-refractivity contribution in [2.75, 3.05) is 39.0 Å². The predicted molar refractivity (Wildman–Crippen MR) is 87.6 cm³/mol. The molecule has 1 heterocycles. The van der Waals surface area contributed by atoms with Crippen molar-refractivity contribution in [1.82, 2.24) is 9.80 Å². The van der Waals surface area contributed by atoms with Crippen molar-refractivity contribution in [3.8, 4) is 0 Å². The molecule has 1 N–H and O–H groups in total. The van der Waals surface area contributed by atoms with E-state index < -0.39 is 0 Å². The zero-order valence-electron chi connectivity index (χ0n) is 13.4. The van der Waals surface area contributed by atoms with Gasteiger partial charge in [0.1, 0.15) is 6.04 Å². The molecule has 4 nitrogen and oxygen atoms in total. The second-order valence-corrected chi connectivity index (χ2v) is 6.02. The molecular weight excluding hydrogens is 262 g/mol. The van der Waals surface area contributed by atoms with E-state index in [4.69, 9.17) is 0 Å². The Labute approximate surface area is 128 Å². The number of aryl methyl sites for hydroxylation is 1. The number of anilines is 1. The molecule has 1 aliphatic rings. The summed E-state index contributed by atoms with van der Waals surface area (Å²) in [6, 6.07) is 8.21. The van der Waals surface area contributed by atoms with Crippen molar-refractivity contribution in [2.45, 2.75) is 32.2 Å². The fourth-order valence-electron chi connectivity index (χ4n) is 2.77. The summed E-state index contributed by atoms with van der Waals surface area (Å²) in [5, 5.41) is 3.42. The Morgan fingerprint density at radius 3 is 2.71 bits per heavy atom. The van der Waals surface area contributed by atoms with Crippen molar-refractivity contribution < 1.29 is 4.79 Å². The van der Waals surface area contributed by atoms with Gasteiger partial charge in [0.05, 0.1) is 0 Å². The van der Waals surface area contributed by atoms with Gasteiger partial charge in [0.2, 0.25) is 5.91 Å². The van der Waals surface area contributed by atoms with E-state index in [1.54, 1.807) is 0 Å². The molecule has 1 atom stereocenters. The topological polar surface area (TPSA) is 35.6 Å². The maximum atomic E-state index is 12.8. The monoisotopic (exact) mass is 289 g/mol. The van der Waals surface area contributed by atoms with Gasteiger partial charge < -0.3 is 15.1 Å². The van der Waals surface area contributed by atoms with Crippen molar-refractivity contribution >= 4 is 11.6 Å². The van der Waals surface area contributed by atoms with E-state index in [1.165, 1.54) is 5.56 Å². The van der Waals surface area contributed by atoms with Crippen LogP contribution >= 0.6 is 0 Å². The maximum absolute atomic E-state index is 12.8. The Morgan fingerprint density at radius 2 is 2.00 bits per heavy atom. The van der Waals surface area contributed by atoms with E-state index in [2.05, 4.69) is 35.3 Å². The van der Waals surface area contributed by atoms with Crippen LogP contribution in [-0.4, -0.2) is 55.5 Å². The van der Waals surface area contributed by atoms with Crippen molar-refractivity contribution in [3.05, 3.63) is 29.8 Å². The molecule has 1 aromatic rings. The number of fused-ring (bicyclic) bond motifs is 1. The van der Waals surface area contributed by atoms with Gasteiger partial charge >= 0.3 is 0 Å². The molecule has 0 saturated carbocycles. The van der Waals surface area contributed by atoms with Crippen LogP contribution in [-0.2, 0) is 11.2 Å². The minimum atomic E-state index is -0.0754. The number of para-hydroxylation sites is 1. The molecule has 1 aromatic carbocycles. The third-order valence-electron chi connectivity index (χ3n) is 3.97. The summed E-state index contributed by atoms with van der Waals surface area (Å²) < 4.78 is 0. The van der Waals surface area contributed by atoms with Gasteiger partial charge in [-0.2, -0.15) is 0 Å². The number of benzene rings is 1.